The minimum absolute atomic E-state index is 0.0973. The summed E-state index contributed by atoms with van der Waals surface area (Å²) in [6, 6.07) is 0. The average molecular weight is 996 g/mol. The van der Waals surface area contributed by atoms with E-state index in [0.29, 0.717) is 19.3 Å². The number of esters is 3. The van der Waals surface area contributed by atoms with Crippen LogP contribution in [0.4, 0.5) is 0 Å². The molecule has 414 valence electrons. The van der Waals surface area contributed by atoms with Crippen LogP contribution < -0.4 is 0 Å². The smallest absolute Gasteiger partial charge is 0.306 e. The molecule has 0 N–H and O–H groups in total. The van der Waals surface area contributed by atoms with Gasteiger partial charge in [-0.25, -0.2) is 0 Å². The van der Waals surface area contributed by atoms with E-state index >= 15 is 0 Å². The van der Waals surface area contributed by atoms with Crippen molar-refractivity contribution >= 4 is 17.9 Å². The third-order valence-electron chi connectivity index (χ3n) is 13.9. The van der Waals surface area contributed by atoms with E-state index in [4.69, 9.17) is 14.2 Å². The van der Waals surface area contributed by atoms with Gasteiger partial charge in [0.05, 0.1) is 0 Å². The zero-order valence-electron chi connectivity index (χ0n) is 47.5. The van der Waals surface area contributed by atoms with Gasteiger partial charge in [0.2, 0.25) is 0 Å². The van der Waals surface area contributed by atoms with Gasteiger partial charge in [-0.3, -0.25) is 14.4 Å². The van der Waals surface area contributed by atoms with Crippen molar-refractivity contribution in [3.05, 3.63) is 48.6 Å². The number of hydrogen-bond donors (Lipinski definition) is 0. The van der Waals surface area contributed by atoms with E-state index in [1.807, 2.05) is 6.08 Å². The van der Waals surface area contributed by atoms with E-state index in [0.717, 1.165) is 64.2 Å². The van der Waals surface area contributed by atoms with Crippen LogP contribution in [0.25, 0.3) is 0 Å². The highest BCUT2D eigenvalue weighted by Crippen LogP contribution is 2.18. The third kappa shape index (κ3) is 58.1. The minimum Gasteiger partial charge on any atom is -0.462 e. The minimum atomic E-state index is -0.807. The summed E-state index contributed by atoms with van der Waals surface area (Å²) in [5, 5.41) is 0. The predicted molar refractivity (Wildman–Crippen MR) is 307 cm³/mol. The quantitative estimate of drug-likeness (QED) is 0.0261. The number of carbonyl (C=O) groups is 3. The largest absolute Gasteiger partial charge is 0.462 e. The van der Waals surface area contributed by atoms with Gasteiger partial charge in [-0.05, 0) is 44.9 Å². The van der Waals surface area contributed by atoms with Gasteiger partial charge in [-0.2, -0.15) is 0 Å². The predicted octanol–water partition coefficient (Wildman–Crippen LogP) is 21.0. The summed E-state index contributed by atoms with van der Waals surface area (Å²) in [6.07, 6.45) is 74.4. The lowest BCUT2D eigenvalue weighted by atomic mass is 10.0. The van der Waals surface area contributed by atoms with Crippen molar-refractivity contribution in [1.82, 2.24) is 0 Å². The van der Waals surface area contributed by atoms with Crippen LogP contribution in [0.5, 0.6) is 0 Å². The van der Waals surface area contributed by atoms with Gasteiger partial charge < -0.3 is 14.2 Å². The maximum Gasteiger partial charge on any atom is 0.306 e. The Bertz CT molecular complexity index is 1230. The fourth-order valence-corrected chi connectivity index (χ4v) is 9.22. The molecule has 0 saturated carbocycles. The first-order valence-electron chi connectivity index (χ1n) is 31.1. The van der Waals surface area contributed by atoms with Gasteiger partial charge >= 0.3 is 17.9 Å². The Balaban J connectivity index is 4.16. The van der Waals surface area contributed by atoms with E-state index in [9.17, 15) is 14.4 Å². The zero-order chi connectivity index (χ0) is 51.4. The molecule has 0 spiro atoms. The summed E-state index contributed by atoms with van der Waals surface area (Å²) in [6.45, 7) is 6.50. The molecule has 6 heteroatoms. The average Bonchev–Trinajstić information content (AvgIpc) is 3.37. The molecule has 0 bridgehead atoms. The van der Waals surface area contributed by atoms with Crippen molar-refractivity contribution in [2.45, 2.75) is 335 Å². The second kappa shape index (κ2) is 59.9. The molecule has 0 aromatic heterocycles. The second-order valence-electron chi connectivity index (χ2n) is 21.0. The van der Waals surface area contributed by atoms with Crippen molar-refractivity contribution in [2.75, 3.05) is 13.2 Å². The molecular weight excluding hydrogens is 877 g/mol. The number of unbranched alkanes of at least 4 members (excludes halogenated alkanes) is 38. The van der Waals surface area contributed by atoms with E-state index < -0.39 is 6.10 Å². The Morgan fingerprint density at radius 3 is 0.831 bits per heavy atom. The second-order valence-corrected chi connectivity index (χ2v) is 21.0. The van der Waals surface area contributed by atoms with E-state index in [2.05, 4.69) is 63.3 Å². The maximum absolute atomic E-state index is 12.8. The monoisotopic (exact) mass is 995 g/mol. The summed E-state index contributed by atoms with van der Waals surface area (Å²) in [7, 11) is 0. The van der Waals surface area contributed by atoms with Crippen LogP contribution in [0, 0.1) is 0 Å². The number of ether oxygens (including phenoxy) is 3. The molecule has 0 aliphatic carbocycles. The summed E-state index contributed by atoms with van der Waals surface area (Å²) in [5.74, 6) is -0.963. The summed E-state index contributed by atoms with van der Waals surface area (Å²) >= 11 is 0. The van der Waals surface area contributed by atoms with Crippen LogP contribution in [0.1, 0.15) is 329 Å². The molecule has 6 nitrogen and oxygen atoms in total. The molecule has 0 rings (SSSR count). The van der Waals surface area contributed by atoms with Gasteiger partial charge in [-0.15, -0.1) is 0 Å². The first-order valence-corrected chi connectivity index (χ1v) is 31.1. The van der Waals surface area contributed by atoms with Crippen LogP contribution in [-0.2, 0) is 28.6 Å². The fourth-order valence-electron chi connectivity index (χ4n) is 9.22. The highest BCUT2D eigenvalue weighted by atomic mass is 16.6. The SMILES string of the molecule is CC/C=C\C/C=C\C/C=C\C/C=C\CCC(=O)OC(COC(=O)CCCCCCCCCCCCCC)COC(=O)CCCCCCCCCCCCCCCCCCCCCCCCCCCCCC. The van der Waals surface area contributed by atoms with Crippen LogP contribution >= 0.6 is 0 Å². The van der Waals surface area contributed by atoms with Crippen molar-refractivity contribution in [2.24, 2.45) is 0 Å². The van der Waals surface area contributed by atoms with Crippen LogP contribution in [0.15, 0.2) is 48.6 Å². The Kier molecular flexibility index (Phi) is 57.7. The Morgan fingerprint density at radius 2 is 0.549 bits per heavy atom. The van der Waals surface area contributed by atoms with Crippen molar-refractivity contribution in [3.8, 4) is 0 Å². The first-order chi connectivity index (χ1) is 35.0. The zero-order valence-corrected chi connectivity index (χ0v) is 47.5. The van der Waals surface area contributed by atoms with Gasteiger partial charge in [-0.1, -0.05) is 313 Å². The van der Waals surface area contributed by atoms with Crippen molar-refractivity contribution in [3.63, 3.8) is 0 Å². The number of carbonyl (C=O) groups excluding carboxylic acids is 3. The number of hydrogen-bond acceptors (Lipinski definition) is 6. The Morgan fingerprint density at radius 1 is 0.296 bits per heavy atom. The lowest BCUT2D eigenvalue weighted by Crippen LogP contribution is -2.30. The fraction of sp³-hybridized carbons (Fsp3) is 0.831. The molecule has 0 heterocycles. The maximum atomic E-state index is 12.8. The summed E-state index contributed by atoms with van der Waals surface area (Å²) < 4.78 is 16.8. The normalized spacial score (nSPS) is 12.3. The van der Waals surface area contributed by atoms with Crippen LogP contribution in [0.2, 0.25) is 0 Å². The molecule has 0 aliphatic rings. The lowest BCUT2D eigenvalue weighted by Gasteiger charge is -2.18. The van der Waals surface area contributed by atoms with E-state index in [1.165, 1.54) is 218 Å². The summed E-state index contributed by atoms with van der Waals surface area (Å²) in [4.78, 5) is 38.1. The lowest BCUT2D eigenvalue weighted by molar-refractivity contribution is -0.166. The molecule has 0 aliphatic heterocycles. The molecule has 0 aromatic rings. The molecule has 1 unspecified atom stereocenters. The molecule has 0 aromatic carbocycles. The van der Waals surface area contributed by atoms with E-state index in [1.54, 1.807) is 0 Å². The topological polar surface area (TPSA) is 78.9 Å². The first kappa shape index (κ1) is 68.4. The Labute approximate surface area is 441 Å². The molecule has 0 saturated heterocycles. The molecule has 1 atom stereocenters. The van der Waals surface area contributed by atoms with Gasteiger partial charge in [0.1, 0.15) is 13.2 Å². The summed E-state index contributed by atoms with van der Waals surface area (Å²) in [5.41, 5.74) is 0. The molecule has 71 heavy (non-hydrogen) atoms. The van der Waals surface area contributed by atoms with Crippen LogP contribution in [0.3, 0.4) is 0 Å². The van der Waals surface area contributed by atoms with Gasteiger partial charge in [0.15, 0.2) is 6.10 Å². The van der Waals surface area contributed by atoms with Crippen molar-refractivity contribution in [1.29, 1.82) is 0 Å². The van der Waals surface area contributed by atoms with Crippen molar-refractivity contribution < 1.29 is 28.6 Å². The third-order valence-corrected chi connectivity index (χ3v) is 13.9. The highest BCUT2D eigenvalue weighted by Gasteiger charge is 2.19. The number of rotatable bonds is 57. The Hall–Kier alpha value is -2.63. The van der Waals surface area contributed by atoms with Crippen LogP contribution in [-0.4, -0.2) is 37.2 Å². The molecule has 0 radical (unpaired) electrons. The van der Waals surface area contributed by atoms with Gasteiger partial charge in [0.25, 0.3) is 0 Å². The molecule has 0 fully saturated rings. The standard InChI is InChI=1S/C65H118O6/c1-4-7-10-13-16-19-22-25-26-27-28-29-30-31-32-33-34-35-36-37-38-39-41-43-46-49-52-55-58-64(67)70-61-62(60-69-63(66)57-54-51-48-45-42-24-21-18-15-12-9-6-3)71-65(68)59-56-53-50-47-44-40-23-20-17-14-11-8-5-2/h8,11,17,20,40,44,50,53,62H,4-7,9-10,12-16,18-19,21-39,41-43,45-49,51-52,54-61H2,1-3H3/b11-8-,20-17-,44-40-,53-50-. The van der Waals surface area contributed by atoms with Gasteiger partial charge in [0, 0.05) is 19.3 Å². The highest BCUT2D eigenvalue weighted by molar-refractivity contribution is 5.71. The molecular formula is C65H118O6. The molecule has 0 amide bonds. The van der Waals surface area contributed by atoms with E-state index in [-0.39, 0.29) is 37.5 Å². The number of allylic oxidation sites excluding steroid dienone is 8.